The Labute approximate surface area is 190 Å². The third-order valence-corrected chi connectivity index (χ3v) is 5.69. The van der Waals surface area contributed by atoms with Gasteiger partial charge in [-0.05, 0) is 59.5 Å². The quantitative estimate of drug-likeness (QED) is 0.229. The van der Waals surface area contributed by atoms with E-state index in [0.29, 0.717) is 22.3 Å². The van der Waals surface area contributed by atoms with Crippen LogP contribution in [0.15, 0.2) is 73.3 Å². The van der Waals surface area contributed by atoms with E-state index in [1.54, 1.807) is 30.3 Å². The molecule has 7 N–H and O–H groups in total. The monoisotopic (exact) mass is 440 g/mol. The number of anilines is 1. The molecule has 0 aliphatic carbocycles. The fourth-order valence-corrected chi connectivity index (χ4v) is 3.94. The number of aromatic nitrogens is 1. The maximum absolute atomic E-state index is 11.8. The van der Waals surface area contributed by atoms with Crippen LogP contribution in [0.2, 0.25) is 0 Å². The fourth-order valence-electron chi connectivity index (χ4n) is 3.94. The van der Waals surface area contributed by atoms with Gasteiger partial charge in [0, 0.05) is 27.9 Å². The minimum absolute atomic E-state index is 0.287. The highest BCUT2D eigenvalue weighted by atomic mass is 16.3. The van der Waals surface area contributed by atoms with Crippen LogP contribution >= 0.6 is 0 Å². The van der Waals surface area contributed by atoms with E-state index < -0.39 is 12.1 Å². The number of H-pyrrole nitrogens is 1. The van der Waals surface area contributed by atoms with Gasteiger partial charge < -0.3 is 26.9 Å². The van der Waals surface area contributed by atoms with Crippen molar-refractivity contribution in [3.63, 3.8) is 0 Å². The Hall–Kier alpha value is -4.20. The number of nitrogens with two attached hydrogens (primary N) is 2. The van der Waals surface area contributed by atoms with E-state index >= 15 is 0 Å². The van der Waals surface area contributed by atoms with Gasteiger partial charge in [-0.3, -0.25) is 9.59 Å². The smallest absolute Gasteiger partial charge is 0.248 e. The number of aromatic amines is 1. The molecule has 0 saturated carbocycles. The molecule has 4 rings (SSSR count). The van der Waals surface area contributed by atoms with Crippen LogP contribution in [0.1, 0.15) is 27.7 Å². The Morgan fingerprint density at radius 2 is 1.82 bits per heavy atom. The lowest BCUT2D eigenvalue weighted by Gasteiger charge is -2.14. The molecule has 0 fully saturated rings. The predicted octanol–water partition coefficient (Wildman–Crippen LogP) is 3.98. The minimum Gasteiger partial charge on any atom is -0.374 e. The van der Waals surface area contributed by atoms with Crippen LogP contribution in [0.4, 0.5) is 5.69 Å². The Bertz CT molecular complexity index is 1380. The van der Waals surface area contributed by atoms with Crippen molar-refractivity contribution in [2.75, 3.05) is 5.32 Å². The molecule has 4 aromatic rings. The second-order valence-corrected chi connectivity index (χ2v) is 7.73. The lowest BCUT2D eigenvalue weighted by atomic mass is 9.94. The second-order valence-electron chi connectivity index (χ2n) is 7.73. The average Bonchev–Trinajstić information content (AvgIpc) is 3.25. The molecule has 3 aromatic carbocycles. The lowest BCUT2D eigenvalue weighted by Crippen LogP contribution is -2.10. The first-order chi connectivity index (χ1) is 15.8. The number of benzene rings is 3. The summed E-state index contributed by atoms with van der Waals surface area (Å²) in [5.74, 6) is -0.779. The molecule has 7 nitrogen and oxygen atoms in total. The number of carbonyl (C=O) groups is 2. The molecule has 7 heteroatoms. The topological polar surface area (TPSA) is 134 Å². The van der Waals surface area contributed by atoms with E-state index in [9.17, 15) is 14.7 Å². The van der Waals surface area contributed by atoms with Crippen LogP contribution in [-0.4, -0.2) is 21.9 Å². The molecule has 0 saturated heterocycles. The summed E-state index contributed by atoms with van der Waals surface area (Å²) in [6.07, 6.45) is 0.0635. The van der Waals surface area contributed by atoms with E-state index in [1.165, 1.54) is 6.08 Å². The van der Waals surface area contributed by atoms with Crippen molar-refractivity contribution < 1.29 is 14.7 Å². The maximum Gasteiger partial charge on any atom is 0.248 e. The molecular weight excluding hydrogens is 416 g/mol. The number of nitrogens with one attached hydrogen (secondary N) is 2. The molecule has 1 atom stereocenters. The van der Waals surface area contributed by atoms with Gasteiger partial charge >= 0.3 is 0 Å². The molecule has 2 amide bonds. The predicted molar refractivity (Wildman–Crippen MR) is 130 cm³/mol. The summed E-state index contributed by atoms with van der Waals surface area (Å²) in [6, 6.07) is 18.3. The maximum atomic E-state index is 11.8. The largest absolute Gasteiger partial charge is 0.374 e. The number of aliphatic hydroxyl groups excluding tert-OH is 1. The number of fused-ring (bicyclic) bond motifs is 1. The molecule has 0 radical (unpaired) electrons. The van der Waals surface area contributed by atoms with Crippen LogP contribution in [0.25, 0.3) is 33.3 Å². The van der Waals surface area contributed by atoms with E-state index in [1.807, 2.05) is 37.3 Å². The number of hydrogen-bond donors (Lipinski definition) is 5. The summed E-state index contributed by atoms with van der Waals surface area (Å²) in [5, 5.41) is 13.8. The van der Waals surface area contributed by atoms with Crippen LogP contribution in [0.3, 0.4) is 0 Å². The number of carbonyl (C=O) groups excluding carboxylic acids is 2. The van der Waals surface area contributed by atoms with Gasteiger partial charge in [-0.2, -0.15) is 0 Å². The number of rotatable bonds is 6. The molecule has 1 heterocycles. The van der Waals surface area contributed by atoms with Gasteiger partial charge in [0.15, 0.2) is 0 Å². The molecule has 0 aliphatic heterocycles. The van der Waals surface area contributed by atoms with Gasteiger partial charge in [-0.15, -0.1) is 0 Å². The van der Waals surface area contributed by atoms with Crippen molar-refractivity contribution in [1.82, 2.24) is 4.98 Å². The fraction of sp³-hybridized carbons (Fsp3) is 0.0769. The number of primary amides is 1. The van der Waals surface area contributed by atoms with Gasteiger partial charge in [-0.1, -0.05) is 43.0 Å². The van der Waals surface area contributed by atoms with Gasteiger partial charge in [0.25, 0.3) is 0 Å². The summed E-state index contributed by atoms with van der Waals surface area (Å²) in [6.45, 7) is 5.44. The van der Waals surface area contributed by atoms with Crippen molar-refractivity contribution in [3.8, 4) is 22.4 Å². The minimum atomic E-state index is -1.16. The van der Waals surface area contributed by atoms with E-state index in [-0.39, 0.29) is 5.91 Å². The summed E-state index contributed by atoms with van der Waals surface area (Å²) in [7, 11) is 0. The molecule has 1 unspecified atom stereocenters. The van der Waals surface area contributed by atoms with Crippen molar-refractivity contribution in [2.24, 2.45) is 11.5 Å². The molecule has 0 spiro atoms. The van der Waals surface area contributed by atoms with E-state index in [4.69, 9.17) is 11.5 Å². The highest BCUT2D eigenvalue weighted by Crippen LogP contribution is 2.38. The second kappa shape index (κ2) is 8.74. The van der Waals surface area contributed by atoms with Crippen molar-refractivity contribution in [3.05, 3.63) is 90.0 Å². The zero-order valence-electron chi connectivity index (χ0n) is 18.1. The lowest BCUT2D eigenvalue weighted by molar-refractivity contribution is -0.111. The van der Waals surface area contributed by atoms with Crippen LogP contribution in [-0.2, 0) is 4.79 Å². The third kappa shape index (κ3) is 4.15. The van der Waals surface area contributed by atoms with Gasteiger partial charge in [-0.25, -0.2) is 0 Å². The Kier molecular flexibility index (Phi) is 5.83. The highest BCUT2D eigenvalue weighted by Gasteiger charge is 2.17. The zero-order chi connectivity index (χ0) is 23.7. The van der Waals surface area contributed by atoms with Crippen molar-refractivity contribution in [2.45, 2.75) is 13.2 Å². The van der Waals surface area contributed by atoms with Gasteiger partial charge in [0.1, 0.15) is 6.23 Å². The highest BCUT2D eigenvalue weighted by molar-refractivity contribution is 6.03. The Balaban J connectivity index is 1.89. The molecule has 33 heavy (non-hydrogen) atoms. The summed E-state index contributed by atoms with van der Waals surface area (Å²) in [4.78, 5) is 26.6. The normalized spacial score (nSPS) is 11.8. The molecule has 1 aromatic heterocycles. The first-order valence-corrected chi connectivity index (χ1v) is 10.3. The average molecular weight is 441 g/mol. The van der Waals surface area contributed by atoms with Crippen LogP contribution in [0, 0.1) is 6.92 Å². The summed E-state index contributed by atoms with van der Waals surface area (Å²) in [5.41, 5.74) is 17.9. The van der Waals surface area contributed by atoms with Gasteiger partial charge in [0.2, 0.25) is 11.8 Å². The SMILES string of the molecule is C=CC(=O)Nc1cccc(-c2ccc(C(N)O)c3[nH]c(-c4ccc(C(N)=O)cc4)cc23)c1C. The molecular formula is C26H24N4O3. The van der Waals surface area contributed by atoms with Gasteiger partial charge in [0.05, 0.1) is 5.52 Å². The Morgan fingerprint density at radius 3 is 2.45 bits per heavy atom. The van der Waals surface area contributed by atoms with E-state index in [0.717, 1.165) is 33.3 Å². The van der Waals surface area contributed by atoms with Crippen LogP contribution in [0.5, 0.6) is 0 Å². The van der Waals surface area contributed by atoms with Crippen LogP contribution < -0.4 is 16.8 Å². The molecule has 166 valence electrons. The summed E-state index contributed by atoms with van der Waals surface area (Å²) >= 11 is 0. The standard InChI is InChI=1S/C26H24N4O3/c1-3-23(31)29-21-6-4-5-17(14(21)2)18-11-12-19(26(28)33)24-20(18)13-22(30-24)15-7-9-16(10-8-15)25(27)32/h3-13,26,30,33H,1,28H2,2H3,(H2,27,32)(H,29,31). The molecule has 0 bridgehead atoms. The Morgan fingerprint density at radius 1 is 1.09 bits per heavy atom. The van der Waals surface area contributed by atoms with E-state index in [2.05, 4.69) is 16.9 Å². The third-order valence-electron chi connectivity index (χ3n) is 5.69. The molecule has 0 aliphatic rings. The number of aliphatic hydroxyl groups is 1. The first-order valence-electron chi connectivity index (χ1n) is 10.3. The first kappa shape index (κ1) is 22.0. The number of hydrogen-bond acceptors (Lipinski definition) is 4. The summed E-state index contributed by atoms with van der Waals surface area (Å²) < 4.78 is 0. The number of amides is 2. The zero-order valence-corrected chi connectivity index (χ0v) is 18.1. The van der Waals surface area contributed by atoms with Crippen molar-refractivity contribution >= 4 is 28.4 Å². The van der Waals surface area contributed by atoms with Crippen molar-refractivity contribution in [1.29, 1.82) is 0 Å².